The third-order valence-electron chi connectivity index (χ3n) is 7.53. The zero-order valence-corrected chi connectivity index (χ0v) is 21.9. The molecule has 3 aromatic rings. The lowest BCUT2D eigenvalue weighted by atomic mass is 9.54. The molecular weight excluding hydrogens is 480 g/mol. The van der Waals surface area contributed by atoms with Gasteiger partial charge in [0.15, 0.2) is 6.79 Å². The molecule has 2 fully saturated rings. The summed E-state index contributed by atoms with van der Waals surface area (Å²) in [5.74, 6) is 3.39. The molecule has 2 aliphatic carbocycles. The van der Waals surface area contributed by atoms with Gasteiger partial charge < -0.3 is 9.47 Å². The van der Waals surface area contributed by atoms with Crippen molar-refractivity contribution < 1.29 is 9.47 Å². The Bertz CT molecular complexity index is 1110. The van der Waals surface area contributed by atoms with Crippen LogP contribution < -0.4 is 4.74 Å². The number of methoxy groups -OCH3 is 1. The molecule has 1 aromatic heterocycles. The average molecular weight is 514 g/mol. The van der Waals surface area contributed by atoms with Crippen molar-refractivity contribution in [2.45, 2.75) is 58.3 Å². The predicted molar refractivity (Wildman–Crippen MR) is 139 cm³/mol. The molecule has 4 heteroatoms. The second kappa shape index (κ2) is 8.77. The highest BCUT2D eigenvalue weighted by molar-refractivity contribution is 9.10. The monoisotopic (exact) mass is 512 g/mol. The van der Waals surface area contributed by atoms with Crippen molar-refractivity contribution in [3.63, 3.8) is 0 Å². The SMILES string of the molecule is COCOc1c(-c2sc3ccccc3c2Br)cc(C)cc1C12CC(C)CC(CC(C)C1)C2. The van der Waals surface area contributed by atoms with Crippen molar-refractivity contribution >= 4 is 37.4 Å². The lowest BCUT2D eigenvalue weighted by molar-refractivity contribution is 0.0431. The summed E-state index contributed by atoms with van der Waals surface area (Å²) in [6.45, 7) is 7.41. The molecule has 0 amide bonds. The number of hydrogen-bond acceptors (Lipinski definition) is 3. The van der Waals surface area contributed by atoms with Crippen LogP contribution in [0.25, 0.3) is 20.5 Å². The summed E-state index contributed by atoms with van der Waals surface area (Å²) in [5, 5.41) is 1.27. The number of ether oxygens (including phenoxy) is 2. The van der Waals surface area contributed by atoms with Crippen molar-refractivity contribution in [1.29, 1.82) is 0 Å². The molecule has 5 rings (SSSR count). The lowest BCUT2D eigenvalue weighted by Crippen LogP contribution is -2.42. The van der Waals surface area contributed by atoms with Crippen LogP contribution in [0.1, 0.15) is 57.1 Å². The van der Waals surface area contributed by atoms with E-state index in [1.165, 1.54) is 68.2 Å². The normalized spacial score (nSPS) is 27.6. The van der Waals surface area contributed by atoms with E-state index >= 15 is 0 Å². The maximum atomic E-state index is 6.45. The fourth-order valence-corrected chi connectivity index (χ4v) is 8.87. The summed E-state index contributed by atoms with van der Waals surface area (Å²) in [4.78, 5) is 1.25. The smallest absolute Gasteiger partial charge is 0.188 e. The largest absolute Gasteiger partial charge is 0.467 e. The van der Waals surface area contributed by atoms with Crippen molar-refractivity contribution in [1.82, 2.24) is 0 Å². The quantitative estimate of drug-likeness (QED) is 0.318. The van der Waals surface area contributed by atoms with Gasteiger partial charge in [0.1, 0.15) is 5.75 Å². The first-order valence-electron chi connectivity index (χ1n) is 11.8. The third kappa shape index (κ3) is 3.93. The first-order chi connectivity index (χ1) is 15.4. The minimum absolute atomic E-state index is 0.201. The van der Waals surface area contributed by atoms with E-state index in [2.05, 4.69) is 73.1 Å². The first kappa shape index (κ1) is 22.4. The van der Waals surface area contributed by atoms with E-state index in [4.69, 9.17) is 9.47 Å². The molecule has 2 bridgehead atoms. The van der Waals surface area contributed by atoms with Crippen molar-refractivity contribution in [2.75, 3.05) is 13.9 Å². The summed E-state index contributed by atoms with van der Waals surface area (Å²) >= 11 is 5.77. The zero-order chi connectivity index (χ0) is 22.5. The molecule has 2 aliphatic rings. The Labute approximate surface area is 204 Å². The summed E-state index contributed by atoms with van der Waals surface area (Å²) in [6, 6.07) is 13.3. The van der Waals surface area contributed by atoms with Crippen LogP contribution in [0.3, 0.4) is 0 Å². The molecule has 0 saturated heterocycles. The Hall–Kier alpha value is -1.36. The number of fused-ring (bicyclic) bond motifs is 3. The summed E-state index contributed by atoms with van der Waals surface area (Å²) in [5.41, 5.74) is 4.13. The van der Waals surface area contributed by atoms with Gasteiger partial charge in [-0.15, -0.1) is 11.3 Å². The van der Waals surface area contributed by atoms with Gasteiger partial charge in [-0.1, -0.05) is 38.1 Å². The molecule has 2 atom stereocenters. The summed E-state index contributed by atoms with van der Waals surface area (Å²) in [7, 11) is 1.71. The molecule has 170 valence electrons. The molecule has 2 saturated carbocycles. The molecule has 0 spiro atoms. The highest BCUT2D eigenvalue weighted by Crippen LogP contribution is 2.58. The van der Waals surface area contributed by atoms with E-state index in [0.717, 1.165) is 23.5 Å². The number of halogens is 1. The van der Waals surface area contributed by atoms with Gasteiger partial charge in [-0.2, -0.15) is 0 Å². The Kier molecular flexibility index (Phi) is 6.15. The van der Waals surface area contributed by atoms with Crippen LogP contribution in [-0.2, 0) is 10.2 Å². The highest BCUT2D eigenvalue weighted by atomic mass is 79.9. The maximum Gasteiger partial charge on any atom is 0.188 e. The van der Waals surface area contributed by atoms with Gasteiger partial charge in [-0.3, -0.25) is 0 Å². The van der Waals surface area contributed by atoms with Gasteiger partial charge in [0.2, 0.25) is 0 Å². The number of aryl methyl sites for hydroxylation is 1. The second-order valence-electron chi connectivity index (χ2n) is 10.4. The summed E-state index contributed by atoms with van der Waals surface area (Å²) < 4.78 is 14.3. The predicted octanol–water partition coefficient (Wildman–Crippen LogP) is 8.73. The minimum Gasteiger partial charge on any atom is -0.467 e. The van der Waals surface area contributed by atoms with Gasteiger partial charge in [0.25, 0.3) is 0 Å². The number of hydrogen-bond donors (Lipinski definition) is 0. The van der Waals surface area contributed by atoms with Crippen LogP contribution in [0, 0.1) is 24.7 Å². The summed E-state index contributed by atoms with van der Waals surface area (Å²) in [6.07, 6.45) is 6.56. The van der Waals surface area contributed by atoms with Gasteiger partial charge in [0.05, 0.1) is 4.88 Å². The van der Waals surface area contributed by atoms with Gasteiger partial charge in [0, 0.05) is 32.8 Å². The Balaban J connectivity index is 1.73. The Morgan fingerprint density at radius 3 is 2.47 bits per heavy atom. The molecular formula is C28H33BrO2S. The topological polar surface area (TPSA) is 18.5 Å². The molecule has 2 nitrogen and oxygen atoms in total. The molecule has 2 aromatic carbocycles. The number of benzene rings is 2. The molecule has 0 radical (unpaired) electrons. The van der Waals surface area contributed by atoms with Crippen LogP contribution in [0.4, 0.5) is 0 Å². The van der Waals surface area contributed by atoms with E-state index in [1.54, 1.807) is 7.11 Å². The van der Waals surface area contributed by atoms with Crippen molar-refractivity contribution in [3.05, 3.63) is 52.0 Å². The number of thiophene rings is 1. The molecule has 1 heterocycles. The van der Waals surface area contributed by atoms with Crippen LogP contribution >= 0.6 is 27.3 Å². The van der Waals surface area contributed by atoms with E-state index in [1.807, 2.05) is 11.3 Å². The van der Waals surface area contributed by atoms with Gasteiger partial charge in [-0.25, -0.2) is 0 Å². The average Bonchev–Trinajstić information content (AvgIpc) is 3.08. The third-order valence-corrected chi connectivity index (χ3v) is 9.82. The van der Waals surface area contributed by atoms with E-state index in [0.29, 0.717) is 0 Å². The molecule has 0 aliphatic heterocycles. The van der Waals surface area contributed by atoms with E-state index in [9.17, 15) is 0 Å². The minimum atomic E-state index is 0.201. The van der Waals surface area contributed by atoms with Crippen LogP contribution in [-0.4, -0.2) is 13.9 Å². The molecule has 2 unspecified atom stereocenters. The van der Waals surface area contributed by atoms with Gasteiger partial charge >= 0.3 is 0 Å². The number of rotatable bonds is 5. The van der Waals surface area contributed by atoms with Gasteiger partial charge in [-0.05, 0) is 95.8 Å². The zero-order valence-electron chi connectivity index (χ0n) is 19.5. The van der Waals surface area contributed by atoms with E-state index in [-0.39, 0.29) is 12.2 Å². The molecule has 32 heavy (non-hydrogen) atoms. The van der Waals surface area contributed by atoms with Crippen LogP contribution in [0.15, 0.2) is 40.9 Å². The fourth-order valence-electron chi connectivity index (χ4n) is 6.83. The Morgan fingerprint density at radius 2 is 1.78 bits per heavy atom. The van der Waals surface area contributed by atoms with Crippen molar-refractivity contribution in [2.24, 2.45) is 17.8 Å². The van der Waals surface area contributed by atoms with Crippen LogP contribution in [0.2, 0.25) is 0 Å². The lowest BCUT2D eigenvalue weighted by Gasteiger charge is -2.51. The van der Waals surface area contributed by atoms with Crippen molar-refractivity contribution in [3.8, 4) is 16.2 Å². The van der Waals surface area contributed by atoms with Crippen LogP contribution in [0.5, 0.6) is 5.75 Å². The second-order valence-corrected chi connectivity index (χ2v) is 12.3. The standard InChI is InChI=1S/C28H33BrO2S/c1-17-11-22(27-25(29)21-7-5-6-8-24(21)32-27)26(31-16-30-4)23(12-17)28-13-18(2)9-20(15-28)10-19(3)14-28/h5-8,11-12,18-20H,9-10,13-16H2,1-4H3. The molecule has 0 N–H and O–H groups in total. The Morgan fingerprint density at radius 1 is 1.06 bits per heavy atom. The first-order valence-corrected chi connectivity index (χ1v) is 13.5. The maximum absolute atomic E-state index is 6.45. The van der Waals surface area contributed by atoms with E-state index < -0.39 is 0 Å². The fraction of sp³-hybridized carbons (Fsp3) is 0.500. The highest BCUT2D eigenvalue weighted by Gasteiger charge is 2.47.